The van der Waals surface area contributed by atoms with Gasteiger partial charge in [0.15, 0.2) is 0 Å². The lowest BCUT2D eigenvalue weighted by molar-refractivity contribution is 0.468. The summed E-state index contributed by atoms with van der Waals surface area (Å²) in [4.78, 5) is 0. The van der Waals surface area contributed by atoms with Crippen LogP contribution < -0.4 is 10.1 Å². The summed E-state index contributed by atoms with van der Waals surface area (Å²) in [6, 6.07) is 6.31. The van der Waals surface area contributed by atoms with Crippen LogP contribution in [0.5, 0.6) is 10.9 Å². The first-order valence-electron chi connectivity index (χ1n) is 7.22. The van der Waals surface area contributed by atoms with Crippen LogP contribution in [0.2, 0.25) is 0 Å². The van der Waals surface area contributed by atoms with Gasteiger partial charge in [-0.15, -0.1) is 5.10 Å². The number of nitrogens with one attached hydrogen (secondary N) is 1. The van der Waals surface area contributed by atoms with E-state index in [1.54, 1.807) is 0 Å². The van der Waals surface area contributed by atoms with Crippen LogP contribution in [0.15, 0.2) is 18.2 Å². The largest absolute Gasteiger partial charge is 0.430 e. The van der Waals surface area contributed by atoms with Gasteiger partial charge in [-0.2, -0.15) is 0 Å². The Kier molecular flexibility index (Phi) is 4.96. The number of ether oxygens (including phenoxy) is 1. The summed E-state index contributed by atoms with van der Waals surface area (Å²) in [5.74, 6) is 0.842. The third kappa shape index (κ3) is 4.25. The maximum absolute atomic E-state index is 5.85. The molecule has 0 aliphatic heterocycles. The van der Waals surface area contributed by atoms with Gasteiger partial charge in [-0.3, -0.25) is 0 Å². The second-order valence-electron chi connectivity index (χ2n) is 6.07. The van der Waals surface area contributed by atoms with Crippen LogP contribution in [0.3, 0.4) is 0 Å². The van der Waals surface area contributed by atoms with Gasteiger partial charge < -0.3 is 10.1 Å². The molecule has 0 saturated carbocycles. The molecule has 0 fully saturated rings. The zero-order valence-electron chi connectivity index (χ0n) is 13.4. The number of hydrogen-bond acceptors (Lipinski definition) is 5. The molecule has 0 spiro atoms. The second-order valence-corrected chi connectivity index (χ2v) is 7.10. The van der Waals surface area contributed by atoms with Crippen molar-refractivity contribution >= 4 is 11.3 Å². The first-order chi connectivity index (χ1) is 9.90. The van der Waals surface area contributed by atoms with Gasteiger partial charge in [0.1, 0.15) is 10.8 Å². The van der Waals surface area contributed by atoms with E-state index in [4.69, 9.17) is 4.74 Å². The van der Waals surface area contributed by atoms with Gasteiger partial charge in [0, 0.05) is 6.54 Å². The molecule has 0 unspecified atom stereocenters. The van der Waals surface area contributed by atoms with Crippen molar-refractivity contribution in [2.45, 2.75) is 46.6 Å². The fraction of sp³-hybridized carbons (Fsp3) is 0.500. The van der Waals surface area contributed by atoms with E-state index in [1.807, 2.05) is 6.07 Å². The maximum Gasteiger partial charge on any atom is 0.299 e. The Morgan fingerprint density at radius 1 is 1.24 bits per heavy atom. The standard InChI is InChI=1S/C16H23N3OS/c1-6-17-10-14-18-19-15(21-14)20-13-8-7-12(9-11(13)2)16(3,4)5/h7-9,17H,6,10H2,1-5H3. The summed E-state index contributed by atoms with van der Waals surface area (Å²) >= 11 is 1.48. The minimum absolute atomic E-state index is 0.144. The summed E-state index contributed by atoms with van der Waals surface area (Å²) in [5, 5.41) is 13.0. The molecule has 1 aromatic carbocycles. The van der Waals surface area contributed by atoms with Crippen molar-refractivity contribution < 1.29 is 4.74 Å². The highest BCUT2D eigenvalue weighted by Gasteiger charge is 2.15. The Bertz CT molecular complexity index is 602. The first-order valence-corrected chi connectivity index (χ1v) is 8.04. The molecular formula is C16H23N3OS. The molecule has 0 radical (unpaired) electrons. The van der Waals surface area contributed by atoms with E-state index in [0.29, 0.717) is 5.19 Å². The molecule has 0 bridgehead atoms. The molecule has 114 valence electrons. The highest BCUT2D eigenvalue weighted by molar-refractivity contribution is 7.13. The fourth-order valence-electron chi connectivity index (χ4n) is 1.91. The monoisotopic (exact) mass is 305 g/mol. The molecule has 5 heteroatoms. The Morgan fingerprint density at radius 2 is 2.00 bits per heavy atom. The Hall–Kier alpha value is -1.46. The van der Waals surface area contributed by atoms with Gasteiger partial charge >= 0.3 is 0 Å². The van der Waals surface area contributed by atoms with Crippen molar-refractivity contribution in [3.8, 4) is 10.9 Å². The van der Waals surface area contributed by atoms with Crippen LogP contribution in [0, 0.1) is 6.92 Å². The summed E-state index contributed by atoms with van der Waals surface area (Å²) in [6.07, 6.45) is 0. The lowest BCUT2D eigenvalue weighted by atomic mass is 9.86. The van der Waals surface area contributed by atoms with Crippen LogP contribution >= 0.6 is 11.3 Å². The molecule has 1 aromatic heterocycles. The van der Waals surface area contributed by atoms with E-state index in [2.05, 4.69) is 62.3 Å². The molecule has 0 aliphatic rings. The smallest absolute Gasteiger partial charge is 0.299 e. The SMILES string of the molecule is CCNCc1nnc(Oc2ccc(C(C)(C)C)cc2C)s1. The molecule has 0 aliphatic carbocycles. The molecule has 2 aromatic rings. The van der Waals surface area contributed by atoms with Gasteiger partial charge in [-0.1, -0.05) is 56.3 Å². The lowest BCUT2D eigenvalue weighted by Crippen LogP contribution is -2.11. The number of nitrogens with zero attached hydrogens (tertiary/aromatic N) is 2. The minimum atomic E-state index is 0.144. The third-order valence-electron chi connectivity index (χ3n) is 3.21. The van der Waals surface area contributed by atoms with Gasteiger partial charge in [0.2, 0.25) is 0 Å². The molecule has 4 nitrogen and oxygen atoms in total. The van der Waals surface area contributed by atoms with E-state index in [9.17, 15) is 0 Å². The van der Waals surface area contributed by atoms with E-state index in [1.165, 1.54) is 16.9 Å². The Morgan fingerprint density at radius 3 is 2.62 bits per heavy atom. The number of hydrogen-bond donors (Lipinski definition) is 1. The van der Waals surface area contributed by atoms with Gasteiger partial charge in [-0.25, -0.2) is 0 Å². The van der Waals surface area contributed by atoms with Crippen LogP contribution in [-0.2, 0) is 12.0 Å². The highest BCUT2D eigenvalue weighted by Crippen LogP contribution is 2.31. The fourth-order valence-corrected chi connectivity index (χ4v) is 2.58. The Balaban J connectivity index is 2.11. The van der Waals surface area contributed by atoms with Crippen molar-refractivity contribution in [1.29, 1.82) is 0 Å². The highest BCUT2D eigenvalue weighted by atomic mass is 32.1. The first kappa shape index (κ1) is 15.9. The predicted molar refractivity (Wildman–Crippen MR) is 87.2 cm³/mol. The Labute approximate surface area is 130 Å². The van der Waals surface area contributed by atoms with Crippen LogP contribution in [0.4, 0.5) is 0 Å². The molecule has 21 heavy (non-hydrogen) atoms. The molecule has 0 saturated heterocycles. The zero-order valence-corrected chi connectivity index (χ0v) is 14.2. The molecule has 1 N–H and O–H groups in total. The van der Waals surface area contributed by atoms with Gasteiger partial charge in [-0.05, 0) is 36.1 Å². The molecule has 1 heterocycles. The lowest BCUT2D eigenvalue weighted by Gasteiger charge is -2.20. The number of rotatable bonds is 5. The van der Waals surface area contributed by atoms with Crippen LogP contribution in [0.1, 0.15) is 43.8 Å². The average Bonchev–Trinajstić information content (AvgIpc) is 2.85. The van der Waals surface area contributed by atoms with Crippen LogP contribution in [0.25, 0.3) is 0 Å². The number of benzene rings is 1. The average molecular weight is 305 g/mol. The third-order valence-corrected chi connectivity index (χ3v) is 4.01. The van der Waals surface area contributed by atoms with E-state index in [0.717, 1.165) is 29.4 Å². The maximum atomic E-state index is 5.85. The molecule has 2 rings (SSSR count). The van der Waals surface area contributed by atoms with Gasteiger partial charge in [0.05, 0.1) is 0 Å². The second kappa shape index (κ2) is 6.54. The van der Waals surface area contributed by atoms with Crippen molar-refractivity contribution in [2.75, 3.05) is 6.54 Å². The molecular weight excluding hydrogens is 282 g/mol. The van der Waals surface area contributed by atoms with E-state index < -0.39 is 0 Å². The van der Waals surface area contributed by atoms with Crippen LogP contribution in [-0.4, -0.2) is 16.7 Å². The normalized spacial score (nSPS) is 11.7. The predicted octanol–water partition coefficient (Wildman–Crippen LogP) is 4.05. The minimum Gasteiger partial charge on any atom is -0.430 e. The topological polar surface area (TPSA) is 47.0 Å². The molecule has 0 amide bonds. The molecule has 0 atom stereocenters. The summed E-state index contributed by atoms with van der Waals surface area (Å²) in [5.41, 5.74) is 2.56. The summed E-state index contributed by atoms with van der Waals surface area (Å²) < 4.78 is 5.85. The van der Waals surface area contributed by atoms with Crippen molar-refractivity contribution in [1.82, 2.24) is 15.5 Å². The summed E-state index contributed by atoms with van der Waals surface area (Å²) in [6.45, 7) is 12.4. The van der Waals surface area contributed by atoms with Crippen molar-refractivity contribution in [3.63, 3.8) is 0 Å². The summed E-state index contributed by atoms with van der Waals surface area (Å²) in [7, 11) is 0. The number of aromatic nitrogens is 2. The van der Waals surface area contributed by atoms with E-state index >= 15 is 0 Å². The van der Waals surface area contributed by atoms with Gasteiger partial charge in [0.25, 0.3) is 5.19 Å². The van der Waals surface area contributed by atoms with Crippen molar-refractivity contribution in [2.24, 2.45) is 0 Å². The zero-order chi connectivity index (χ0) is 15.5. The number of aryl methyl sites for hydroxylation is 1. The van der Waals surface area contributed by atoms with E-state index in [-0.39, 0.29) is 5.41 Å². The quantitative estimate of drug-likeness (QED) is 0.905. The van der Waals surface area contributed by atoms with Crippen molar-refractivity contribution in [3.05, 3.63) is 34.3 Å².